The summed E-state index contributed by atoms with van der Waals surface area (Å²) in [5.74, 6) is -3.73. The Kier molecular flexibility index (Phi) is 7.44. The van der Waals surface area contributed by atoms with Crippen LogP contribution in [0.15, 0.2) is 17.0 Å². The molecular formula is C26H31F5N10O3. The number of aromatic nitrogens is 6. The zero-order chi connectivity index (χ0) is 31.4. The molecule has 2 aliphatic heterocycles. The standard InChI is InChI=1S/C26H31F5N10O3/c1-14-19(38-44-37-14)21(42)36-20(15-3-5-25(27,28)6-4-15)16-12-41-22(33-16)34-17(11-32-41)24(7-9-39(2)10-8-24)40-13-18(26(29,30)31)35-23(40)43/h11-12,15,18,20H,3-10,13H2,1-2H3,(H,35,43)(H,36,42)/t18-,20+/m1/s1. The van der Waals surface area contributed by atoms with Gasteiger partial charge in [-0.3, -0.25) is 4.79 Å². The maximum atomic E-state index is 14.0. The lowest BCUT2D eigenvalue weighted by molar-refractivity contribution is -0.151. The molecule has 3 fully saturated rings. The van der Waals surface area contributed by atoms with Crippen LogP contribution in [0.2, 0.25) is 0 Å². The monoisotopic (exact) mass is 626 g/mol. The van der Waals surface area contributed by atoms with Crippen molar-refractivity contribution in [3.05, 3.63) is 35.2 Å². The first-order valence-corrected chi connectivity index (χ1v) is 14.3. The lowest BCUT2D eigenvalue weighted by Gasteiger charge is -2.45. The van der Waals surface area contributed by atoms with E-state index in [4.69, 9.17) is 0 Å². The predicted octanol–water partition coefficient (Wildman–Crippen LogP) is 2.99. The maximum absolute atomic E-state index is 14.0. The number of hydrogen-bond acceptors (Lipinski definition) is 9. The number of nitrogens with zero attached hydrogens (tertiary/aromatic N) is 8. The van der Waals surface area contributed by atoms with Gasteiger partial charge in [0.05, 0.1) is 41.9 Å². The lowest BCUT2D eigenvalue weighted by Crippen LogP contribution is -2.54. The van der Waals surface area contributed by atoms with Gasteiger partial charge in [0, 0.05) is 25.9 Å². The predicted molar refractivity (Wildman–Crippen MR) is 140 cm³/mol. The molecule has 0 unspecified atom stereocenters. The van der Waals surface area contributed by atoms with Crippen molar-refractivity contribution >= 4 is 17.7 Å². The van der Waals surface area contributed by atoms with Gasteiger partial charge in [-0.25, -0.2) is 32.7 Å². The van der Waals surface area contributed by atoms with Crippen LogP contribution in [0.3, 0.4) is 0 Å². The summed E-state index contributed by atoms with van der Waals surface area (Å²) in [6.45, 7) is 1.97. The Morgan fingerprint density at radius 3 is 2.45 bits per heavy atom. The van der Waals surface area contributed by atoms with Crippen molar-refractivity contribution in [2.24, 2.45) is 5.92 Å². The molecule has 0 spiro atoms. The summed E-state index contributed by atoms with van der Waals surface area (Å²) in [7, 11) is 1.88. The van der Waals surface area contributed by atoms with Gasteiger partial charge in [-0.2, -0.15) is 18.3 Å². The minimum atomic E-state index is -4.62. The van der Waals surface area contributed by atoms with Gasteiger partial charge in [0.2, 0.25) is 5.92 Å². The summed E-state index contributed by atoms with van der Waals surface area (Å²) in [4.78, 5) is 38.5. The minimum absolute atomic E-state index is 0.0521. The van der Waals surface area contributed by atoms with Gasteiger partial charge in [-0.05, 0) is 50.7 Å². The largest absolute Gasteiger partial charge is 0.410 e. The first-order chi connectivity index (χ1) is 20.8. The fraction of sp³-hybridized carbons (Fsp3) is 0.654. The number of urea groups is 1. The van der Waals surface area contributed by atoms with Crippen molar-refractivity contribution < 1.29 is 36.2 Å². The van der Waals surface area contributed by atoms with Crippen molar-refractivity contribution in [3.8, 4) is 0 Å². The van der Waals surface area contributed by atoms with Crippen LogP contribution in [-0.4, -0.2) is 96.5 Å². The number of imidazole rings is 1. The van der Waals surface area contributed by atoms with E-state index in [1.54, 1.807) is 0 Å². The molecule has 238 valence electrons. The molecule has 2 atom stereocenters. The van der Waals surface area contributed by atoms with Crippen molar-refractivity contribution in [1.82, 2.24) is 50.3 Å². The number of amides is 3. The van der Waals surface area contributed by atoms with E-state index in [-0.39, 0.29) is 48.5 Å². The molecule has 2 saturated heterocycles. The molecule has 3 aliphatic rings. The van der Waals surface area contributed by atoms with Crippen LogP contribution in [0.4, 0.5) is 26.7 Å². The first kappa shape index (κ1) is 30.1. The van der Waals surface area contributed by atoms with Crippen LogP contribution in [0.5, 0.6) is 0 Å². The van der Waals surface area contributed by atoms with Gasteiger partial charge >= 0.3 is 12.2 Å². The molecule has 3 amide bonds. The Morgan fingerprint density at radius 2 is 1.84 bits per heavy atom. The number of nitrogens with one attached hydrogen (secondary N) is 2. The minimum Gasteiger partial charge on any atom is -0.342 e. The van der Waals surface area contributed by atoms with Crippen LogP contribution in [0.25, 0.3) is 5.78 Å². The number of carbonyl (C=O) groups excluding carboxylic acids is 2. The molecule has 18 heteroatoms. The normalized spacial score (nSPS) is 23.6. The number of piperidine rings is 1. The van der Waals surface area contributed by atoms with Gasteiger partial charge in [-0.1, -0.05) is 5.16 Å². The summed E-state index contributed by atoms with van der Waals surface area (Å²) < 4.78 is 74.8. The summed E-state index contributed by atoms with van der Waals surface area (Å²) in [5.41, 5.74) is -0.369. The molecule has 2 N–H and O–H groups in total. The van der Waals surface area contributed by atoms with E-state index < -0.39 is 54.1 Å². The van der Waals surface area contributed by atoms with Crippen molar-refractivity contribution in [2.45, 2.75) is 75.2 Å². The zero-order valence-electron chi connectivity index (χ0n) is 23.9. The number of rotatable bonds is 6. The third-order valence-corrected chi connectivity index (χ3v) is 9.03. The van der Waals surface area contributed by atoms with E-state index in [0.717, 1.165) is 0 Å². The average molecular weight is 627 g/mol. The van der Waals surface area contributed by atoms with E-state index in [0.29, 0.717) is 31.6 Å². The Bertz CT molecular complexity index is 1540. The van der Waals surface area contributed by atoms with Crippen LogP contribution < -0.4 is 10.6 Å². The smallest absolute Gasteiger partial charge is 0.342 e. The Hall–Kier alpha value is -3.96. The first-order valence-electron chi connectivity index (χ1n) is 14.3. The second-order valence-electron chi connectivity index (χ2n) is 11.9. The molecule has 13 nitrogen and oxygen atoms in total. The number of aryl methyl sites for hydroxylation is 1. The average Bonchev–Trinajstić information content (AvgIpc) is 3.70. The van der Waals surface area contributed by atoms with E-state index in [1.165, 1.54) is 28.7 Å². The topological polar surface area (TPSA) is 147 Å². The fourth-order valence-corrected chi connectivity index (χ4v) is 6.39. The van der Waals surface area contributed by atoms with Crippen LogP contribution in [0.1, 0.15) is 72.1 Å². The molecule has 1 saturated carbocycles. The summed E-state index contributed by atoms with van der Waals surface area (Å²) in [6.07, 6.45) is -1.50. The van der Waals surface area contributed by atoms with Crippen molar-refractivity contribution in [1.29, 1.82) is 0 Å². The number of alkyl halides is 5. The fourth-order valence-electron chi connectivity index (χ4n) is 6.39. The highest BCUT2D eigenvalue weighted by atomic mass is 19.4. The second kappa shape index (κ2) is 10.9. The molecular weight excluding hydrogens is 595 g/mol. The summed E-state index contributed by atoms with van der Waals surface area (Å²) in [5, 5.41) is 16.6. The highest BCUT2D eigenvalue weighted by Gasteiger charge is 2.54. The number of carbonyl (C=O) groups is 2. The molecule has 0 radical (unpaired) electrons. The number of fused-ring (bicyclic) bond motifs is 1. The molecule has 3 aromatic rings. The van der Waals surface area contributed by atoms with Crippen LogP contribution in [0, 0.1) is 12.8 Å². The lowest BCUT2D eigenvalue weighted by atomic mass is 9.81. The summed E-state index contributed by atoms with van der Waals surface area (Å²) in [6, 6.07) is -3.66. The molecule has 44 heavy (non-hydrogen) atoms. The maximum Gasteiger partial charge on any atom is 0.410 e. The highest BCUT2D eigenvalue weighted by Crippen LogP contribution is 2.43. The quantitative estimate of drug-likeness (QED) is 0.394. The molecule has 1 aliphatic carbocycles. The van der Waals surface area contributed by atoms with E-state index in [2.05, 4.69) is 35.3 Å². The van der Waals surface area contributed by atoms with Crippen molar-refractivity contribution in [2.75, 3.05) is 26.7 Å². The van der Waals surface area contributed by atoms with E-state index in [9.17, 15) is 31.5 Å². The third kappa shape index (κ3) is 5.54. The second-order valence-corrected chi connectivity index (χ2v) is 11.9. The highest BCUT2D eigenvalue weighted by molar-refractivity contribution is 5.93. The number of halogens is 5. The van der Waals surface area contributed by atoms with Gasteiger partial charge < -0.3 is 20.4 Å². The Balaban J connectivity index is 1.35. The van der Waals surface area contributed by atoms with Gasteiger partial charge in [0.15, 0.2) is 5.69 Å². The number of likely N-dealkylation sites (tertiary alicyclic amines) is 1. The van der Waals surface area contributed by atoms with Crippen molar-refractivity contribution in [3.63, 3.8) is 0 Å². The van der Waals surface area contributed by atoms with E-state index >= 15 is 0 Å². The van der Waals surface area contributed by atoms with Crippen LogP contribution >= 0.6 is 0 Å². The summed E-state index contributed by atoms with van der Waals surface area (Å²) >= 11 is 0. The Morgan fingerprint density at radius 1 is 1.14 bits per heavy atom. The molecule has 0 aromatic carbocycles. The molecule has 6 rings (SSSR count). The van der Waals surface area contributed by atoms with Crippen LogP contribution in [-0.2, 0) is 5.54 Å². The van der Waals surface area contributed by atoms with Gasteiger partial charge in [0.25, 0.3) is 11.7 Å². The molecule has 3 aromatic heterocycles. The molecule has 5 heterocycles. The molecule has 0 bridgehead atoms. The Labute approximate surface area is 247 Å². The SMILES string of the molecule is Cc1nonc1C(=O)N[C@H](c1cn2ncc(C3(N4C[C@H](C(F)(F)F)NC4=O)CCN(C)CC3)nc2n1)C1CCC(F)(F)CC1. The zero-order valence-corrected chi connectivity index (χ0v) is 23.9. The number of hydrogen-bond donors (Lipinski definition) is 2. The van der Waals surface area contributed by atoms with Gasteiger partial charge in [-0.15, -0.1) is 0 Å². The third-order valence-electron chi connectivity index (χ3n) is 9.03. The van der Waals surface area contributed by atoms with E-state index in [1.807, 2.05) is 17.3 Å². The van der Waals surface area contributed by atoms with Gasteiger partial charge in [0.1, 0.15) is 11.7 Å².